The summed E-state index contributed by atoms with van der Waals surface area (Å²) in [5, 5.41) is 0. The highest BCUT2D eigenvalue weighted by Crippen LogP contribution is 2.01. The van der Waals surface area contributed by atoms with E-state index >= 15 is 0 Å². The van der Waals surface area contributed by atoms with Gasteiger partial charge in [-0.3, -0.25) is 0 Å². The van der Waals surface area contributed by atoms with Crippen LogP contribution in [0, 0.1) is 6.92 Å². The number of hydrogen-bond donors (Lipinski definition) is 1. The Balaban J connectivity index is 2.62. The first-order valence-corrected chi connectivity index (χ1v) is 4.87. The first-order valence-electron chi connectivity index (χ1n) is 4.87. The smallest absolute Gasteiger partial charge is 0.154 e. The Morgan fingerprint density at radius 3 is 2.86 bits per heavy atom. The maximum absolute atomic E-state index is 5.51. The van der Waals surface area contributed by atoms with Gasteiger partial charge in [-0.15, -0.1) is 0 Å². The van der Waals surface area contributed by atoms with Gasteiger partial charge in [-0.1, -0.05) is 6.92 Å². The van der Waals surface area contributed by atoms with Crippen molar-refractivity contribution in [2.75, 3.05) is 6.61 Å². The standard InChI is InChI=1S/C10H17N3O/c1-3-4-14-7-10-12-8(2)5-9(6-11)13-10/h5H,3-4,6-7,11H2,1-2H3. The predicted octanol–water partition coefficient (Wildman–Crippen LogP) is 1.17. The number of aryl methyl sites for hydroxylation is 1. The van der Waals surface area contributed by atoms with Gasteiger partial charge in [-0.2, -0.15) is 0 Å². The molecule has 0 amide bonds. The van der Waals surface area contributed by atoms with E-state index in [0.29, 0.717) is 13.2 Å². The molecular weight excluding hydrogens is 178 g/mol. The minimum atomic E-state index is 0.449. The first-order chi connectivity index (χ1) is 6.76. The van der Waals surface area contributed by atoms with Crippen LogP contribution in [-0.2, 0) is 17.9 Å². The average Bonchev–Trinajstić information content (AvgIpc) is 2.17. The molecule has 0 aromatic carbocycles. The number of nitrogens with zero attached hydrogens (tertiary/aromatic N) is 2. The molecule has 0 radical (unpaired) electrons. The molecule has 14 heavy (non-hydrogen) atoms. The maximum Gasteiger partial charge on any atom is 0.154 e. The lowest BCUT2D eigenvalue weighted by Crippen LogP contribution is -2.07. The van der Waals surface area contributed by atoms with Gasteiger partial charge in [0.1, 0.15) is 6.61 Å². The SMILES string of the molecule is CCCOCc1nc(C)cc(CN)n1. The fraction of sp³-hybridized carbons (Fsp3) is 0.600. The van der Waals surface area contributed by atoms with Crippen molar-refractivity contribution in [3.8, 4) is 0 Å². The number of aromatic nitrogens is 2. The number of nitrogens with two attached hydrogens (primary N) is 1. The molecule has 1 heterocycles. The lowest BCUT2D eigenvalue weighted by Gasteiger charge is -2.04. The minimum absolute atomic E-state index is 0.449. The summed E-state index contributed by atoms with van der Waals surface area (Å²) in [6, 6.07) is 1.89. The molecule has 0 aliphatic carbocycles. The van der Waals surface area contributed by atoms with Gasteiger partial charge in [0.2, 0.25) is 0 Å². The first kappa shape index (κ1) is 11.1. The van der Waals surface area contributed by atoms with Crippen LogP contribution in [0.2, 0.25) is 0 Å². The summed E-state index contributed by atoms with van der Waals surface area (Å²) in [5.74, 6) is 0.721. The van der Waals surface area contributed by atoms with Crippen LogP contribution in [0.25, 0.3) is 0 Å². The second-order valence-corrected chi connectivity index (χ2v) is 3.17. The minimum Gasteiger partial charge on any atom is -0.373 e. The van der Waals surface area contributed by atoms with E-state index in [1.54, 1.807) is 0 Å². The van der Waals surface area contributed by atoms with Gasteiger partial charge >= 0.3 is 0 Å². The molecule has 0 fully saturated rings. The third kappa shape index (κ3) is 3.40. The third-order valence-corrected chi connectivity index (χ3v) is 1.74. The lowest BCUT2D eigenvalue weighted by atomic mass is 10.3. The Hall–Kier alpha value is -1.00. The molecule has 0 saturated heterocycles. The molecule has 2 N–H and O–H groups in total. The molecule has 1 aromatic rings. The zero-order valence-corrected chi connectivity index (χ0v) is 8.79. The summed E-state index contributed by atoms with van der Waals surface area (Å²) in [6.45, 7) is 5.68. The molecule has 78 valence electrons. The van der Waals surface area contributed by atoms with Gasteiger partial charge in [-0.05, 0) is 19.4 Å². The van der Waals surface area contributed by atoms with E-state index < -0.39 is 0 Å². The Labute approximate surface area is 84.5 Å². The maximum atomic E-state index is 5.51. The van der Waals surface area contributed by atoms with Gasteiger partial charge in [0.15, 0.2) is 5.82 Å². The summed E-state index contributed by atoms with van der Waals surface area (Å²) in [5.41, 5.74) is 7.32. The van der Waals surface area contributed by atoms with Crippen molar-refractivity contribution in [3.05, 3.63) is 23.3 Å². The number of hydrogen-bond acceptors (Lipinski definition) is 4. The van der Waals surface area contributed by atoms with E-state index in [-0.39, 0.29) is 0 Å². The van der Waals surface area contributed by atoms with Crippen molar-refractivity contribution < 1.29 is 4.74 Å². The number of ether oxygens (including phenoxy) is 1. The quantitative estimate of drug-likeness (QED) is 0.716. The number of rotatable bonds is 5. The second kappa shape index (κ2) is 5.67. The largest absolute Gasteiger partial charge is 0.373 e. The van der Waals surface area contributed by atoms with Gasteiger partial charge in [0.05, 0.1) is 5.69 Å². The molecule has 0 aliphatic rings. The van der Waals surface area contributed by atoms with Gasteiger partial charge in [0.25, 0.3) is 0 Å². The molecule has 0 bridgehead atoms. The summed E-state index contributed by atoms with van der Waals surface area (Å²) >= 11 is 0. The van der Waals surface area contributed by atoms with Crippen LogP contribution in [-0.4, -0.2) is 16.6 Å². The van der Waals surface area contributed by atoms with Crippen LogP contribution in [0.3, 0.4) is 0 Å². The highest BCUT2D eigenvalue weighted by molar-refractivity contribution is 5.09. The molecule has 1 rings (SSSR count). The summed E-state index contributed by atoms with van der Waals surface area (Å²) in [6.07, 6.45) is 1.01. The van der Waals surface area contributed by atoms with Crippen molar-refractivity contribution in [2.45, 2.75) is 33.4 Å². The van der Waals surface area contributed by atoms with Crippen molar-refractivity contribution >= 4 is 0 Å². The molecule has 4 heteroatoms. The zero-order chi connectivity index (χ0) is 10.4. The molecule has 1 aromatic heterocycles. The molecule has 0 atom stereocenters. The summed E-state index contributed by atoms with van der Waals surface area (Å²) < 4.78 is 5.36. The van der Waals surface area contributed by atoms with Gasteiger partial charge < -0.3 is 10.5 Å². The summed E-state index contributed by atoms with van der Waals surface area (Å²) in [4.78, 5) is 8.52. The van der Waals surface area contributed by atoms with Crippen LogP contribution >= 0.6 is 0 Å². The van der Waals surface area contributed by atoms with Crippen molar-refractivity contribution in [2.24, 2.45) is 5.73 Å². The fourth-order valence-electron chi connectivity index (χ4n) is 1.18. The molecule has 0 spiro atoms. The van der Waals surface area contributed by atoms with E-state index in [0.717, 1.165) is 30.2 Å². The van der Waals surface area contributed by atoms with Gasteiger partial charge in [0, 0.05) is 18.8 Å². The Morgan fingerprint density at radius 1 is 1.43 bits per heavy atom. The van der Waals surface area contributed by atoms with E-state index in [9.17, 15) is 0 Å². The van der Waals surface area contributed by atoms with E-state index in [2.05, 4.69) is 16.9 Å². The Morgan fingerprint density at radius 2 is 2.21 bits per heavy atom. The zero-order valence-electron chi connectivity index (χ0n) is 8.79. The highest BCUT2D eigenvalue weighted by atomic mass is 16.5. The normalized spacial score (nSPS) is 10.5. The monoisotopic (exact) mass is 195 g/mol. The molecule has 4 nitrogen and oxygen atoms in total. The second-order valence-electron chi connectivity index (χ2n) is 3.17. The topological polar surface area (TPSA) is 61.0 Å². The van der Waals surface area contributed by atoms with Crippen molar-refractivity contribution in [3.63, 3.8) is 0 Å². The van der Waals surface area contributed by atoms with Crippen molar-refractivity contribution in [1.82, 2.24) is 9.97 Å². The molecule has 0 aliphatic heterocycles. The van der Waals surface area contributed by atoms with Crippen LogP contribution in [0.15, 0.2) is 6.07 Å². The summed E-state index contributed by atoms with van der Waals surface area (Å²) in [7, 11) is 0. The van der Waals surface area contributed by atoms with Crippen LogP contribution in [0.4, 0.5) is 0 Å². The Bertz CT molecular complexity index is 289. The van der Waals surface area contributed by atoms with Gasteiger partial charge in [-0.25, -0.2) is 9.97 Å². The molecular formula is C10H17N3O. The average molecular weight is 195 g/mol. The predicted molar refractivity (Wildman–Crippen MR) is 54.6 cm³/mol. The van der Waals surface area contributed by atoms with Crippen molar-refractivity contribution in [1.29, 1.82) is 0 Å². The van der Waals surface area contributed by atoms with Crippen LogP contribution in [0.5, 0.6) is 0 Å². The van der Waals surface area contributed by atoms with E-state index in [1.807, 2.05) is 13.0 Å². The molecule has 0 saturated carbocycles. The van der Waals surface area contributed by atoms with E-state index in [1.165, 1.54) is 0 Å². The van der Waals surface area contributed by atoms with E-state index in [4.69, 9.17) is 10.5 Å². The third-order valence-electron chi connectivity index (χ3n) is 1.74. The lowest BCUT2D eigenvalue weighted by molar-refractivity contribution is 0.116. The molecule has 0 unspecified atom stereocenters. The Kier molecular flexibility index (Phi) is 4.49. The fourth-order valence-corrected chi connectivity index (χ4v) is 1.18. The van der Waals surface area contributed by atoms with Crippen LogP contribution < -0.4 is 5.73 Å². The highest BCUT2D eigenvalue weighted by Gasteiger charge is 2.00. The van der Waals surface area contributed by atoms with Crippen LogP contribution in [0.1, 0.15) is 30.6 Å².